The predicted molar refractivity (Wildman–Crippen MR) is 60.6 cm³/mol. The molecule has 15 heavy (non-hydrogen) atoms. The monoisotopic (exact) mass is 210 g/mol. The van der Waals surface area contributed by atoms with Crippen molar-refractivity contribution < 1.29 is 4.79 Å². The van der Waals surface area contributed by atoms with E-state index in [1.54, 1.807) is 0 Å². The summed E-state index contributed by atoms with van der Waals surface area (Å²) in [5, 5.41) is 3.39. The number of nitrogens with zero attached hydrogens (tertiary/aromatic N) is 1. The van der Waals surface area contributed by atoms with Gasteiger partial charge in [-0.05, 0) is 38.6 Å². The molecule has 2 aliphatic rings. The zero-order chi connectivity index (χ0) is 10.7. The highest BCUT2D eigenvalue weighted by atomic mass is 16.2. The van der Waals surface area contributed by atoms with E-state index in [1.807, 2.05) is 0 Å². The molecule has 1 saturated heterocycles. The van der Waals surface area contributed by atoms with E-state index in [0.29, 0.717) is 17.9 Å². The molecule has 1 heterocycles. The van der Waals surface area contributed by atoms with Crippen molar-refractivity contribution in [3.8, 4) is 0 Å². The van der Waals surface area contributed by atoms with Gasteiger partial charge in [-0.1, -0.05) is 6.92 Å². The van der Waals surface area contributed by atoms with Crippen LogP contribution in [0.5, 0.6) is 0 Å². The van der Waals surface area contributed by atoms with Crippen LogP contribution in [0.15, 0.2) is 0 Å². The third-order valence-corrected chi connectivity index (χ3v) is 3.39. The summed E-state index contributed by atoms with van der Waals surface area (Å²) in [4.78, 5) is 14.2. The molecule has 0 bridgehead atoms. The van der Waals surface area contributed by atoms with Crippen LogP contribution >= 0.6 is 0 Å². The van der Waals surface area contributed by atoms with Crippen molar-refractivity contribution in [3.63, 3.8) is 0 Å². The minimum absolute atomic E-state index is 0.374. The SMILES string of the molecule is CCCN(C(=O)C1CC1)C1CCCNC1. The summed E-state index contributed by atoms with van der Waals surface area (Å²) in [5.41, 5.74) is 0. The highest BCUT2D eigenvalue weighted by Crippen LogP contribution is 2.32. The molecule has 0 aromatic heterocycles. The normalized spacial score (nSPS) is 26.3. The van der Waals surface area contributed by atoms with Gasteiger partial charge in [0, 0.05) is 25.0 Å². The van der Waals surface area contributed by atoms with Gasteiger partial charge in [0.25, 0.3) is 0 Å². The van der Waals surface area contributed by atoms with Crippen LogP contribution in [0.4, 0.5) is 0 Å². The lowest BCUT2D eigenvalue weighted by atomic mass is 10.0. The average molecular weight is 210 g/mol. The summed E-state index contributed by atoms with van der Waals surface area (Å²) in [6.07, 6.45) is 5.72. The number of nitrogens with one attached hydrogen (secondary N) is 1. The van der Waals surface area contributed by atoms with E-state index in [-0.39, 0.29) is 0 Å². The molecule has 0 spiro atoms. The second-order valence-corrected chi connectivity index (χ2v) is 4.81. The summed E-state index contributed by atoms with van der Waals surface area (Å²) in [6, 6.07) is 0.465. The highest BCUT2D eigenvalue weighted by Gasteiger charge is 2.36. The van der Waals surface area contributed by atoms with Gasteiger partial charge in [0.1, 0.15) is 0 Å². The third-order valence-electron chi connectivity index (χ3n) is 3.39. The van der Waals surface area contributed by atoms with Crippen LogP contribution in [-0.4, -0.2) is 36.5 Å². The first kappa shape index (κ1) is 10.9. The maximum atomic E-state index is 12.1. The molecular weight excluding hydrogens is 188 g/mol. The van der Waals surface area contributed by atoms with E-state index in [2.05, 4.69) is 17.1 Å². The van der Waals surface area contributed by atoms with Crippen molar-refractivity contribution >= 4 is 5.91 Å². The van der Waals surface area contributed by atoms with Crippen LogP contribution < -0.4 is 5.32 Å². The number of carbonyl (C=O) groups is 1. The van der Waals surface area contributed by atoms with Crippen LogP contribution in [0.25, 0.3) is 0 Å². The first-order valence-electron chi connectivity index (χ1n) is 6.34. The molecule has 3 heteroatoms. The van der Waals surface area contributed by atoms with Crippen molar-refractivity contribution in [1.82, 2.24) is 10.2 Å². The minimum Gasteiger partial charge on any atom is -0.338 e. The molecule has 0 aromatic carbocycles. The van der Waals surface area contributed by atoms with E-state index in [0.717, 1.165) is 38.9 Å². The molecule has 86 valence electrons. The Kier molecular flexibility index (Phi) is 3.62. The van der Waals surface area contributed by atoms with Crippen LogP contribution in [0.2, 0.25) is 0 Å². The Morgan fingerprint density at radius 1 is 1.40 bits per heavy atom. The molecule has 1 aliphatic heterocycles. The van der Waals surface area contributed by atoms with Crippen LogP contribution in [0.3, 0.4) is 0 Å². The lowest BCUT2D eigenvalue weighted by Gasteiger charge is -2.34. The minimum atomic E-state index is 0.374. The number of hydrogen-bond acceptors (Lipinski definition) is 2. The van der Waals surface area contributed by atoms with E-state index in [4.69, 9.17) is 0 Å². The van der Waals surface area contributed by atoms with E-state index < -0.39 is 0 Å². The van der Waals surface area contributed by atoms with Gasteiger partial charge in [-0.2, -0.15) is 0 Å². The van der Waals surface area contributed by atoms with Gasteiger partial charge < -0.3 is 10.2 Å². The Bertz CT molecular complexity index is 220. The van der Waals surface area contributed by atoms with Gasteiger partial charge in [0.05, 0.1) is 0 Å². The fraction of sp³-hybridized carbons (Fsp3) is 0.917. The number of hydrogen-bond donors (Lipinski definition) is 1. The number of piperidine rings is 1. The molecule has 1 saturated carbocycles. The number of amides is 1. The first-order chi connectivity index (χ1) is 7.33. The quantitative estimate of drug-likeness (QED) is 0.760. The molecular formula is C12H22N2O. The van der Waals surface area contributed by atoms with Gasteiger partial charge in [-0.15, -0.1) is 0 Å². The Labute approximate surface area is 92.2 Å². The van der Waals surface area contributed by atoms with Gasteiger partial charge in [-0.3, -0.25) is 4.79 Å². The third kappa shape index (κ3) is 2.71. The molecule has 1 atom stereocenters. The molecule has 3 nitrogen and oxygen atoms in total. The largest absolute Gasteiger partial charge is 0.338 e. The lowest BCUT2D eigenvalue weighted by molar-refractivity contribution is -0.135. The molecule has 0 aromatic rings. The van der Waals surface area contributed by atoms with Crippen LogP contribution in [-0.2, 0) is 4.79 Å². The van der Waals surface area contributed by atoms with Gasteiger partial charge in [0.15, 0.2) is 0 Å². The average Bonchev–Trinajstić information content (AvgIpc) is 3.10. The number of carbonyl (C=O) groups excluding carboxylic acids is 1. The van der Waals surface area contributed by atoms with Gasteiger partial charge in [-0.25, -0.2) is 0 Å². The van der Waals surface area contributed by atoms with Crippen molar-refractivity contribution in [2.45, 2.75) is 45.1 Å². The standard InChI is InChI=1S/C12H22N2O/c1-2-8-14(12(15)10-5-6-10)11-4-3-7-13-9-11/h10-11,13H,2-9H2,1H3. The second kappa shape index (κ2) is 4.97. The molecule has 1 aliphatic carbocycles. The predicted octanol–water partition coefficient (Wildman–Crippen LogP) is 1.39. The van der Waals surface area contributed by atoms with Gasteiger partial charge >= 0.3 is 0 Å². The van der Waals surface area contributed by atoms with Gasteiger partial charge in [0.2, 0.25) is 5.91 Å². The Morgan fingerprint density at radius 2 is 2.20 bits per heavy atom. The molecule has 0 radical (unpaired) electrons. The lowest BCUT2D eigenvalue weighted by Crippen LogP contribution is -2.49. The second-order valence-electron chi connectivity index (χ2n) is 4.81. The Hall–Kier alpha value is -0.570. The molecule has 1 N–H and O–H groups in total. The Balaban J connectivity index is 1.93. The van der Waals surface area contributed by atoms with Crippen molar-refractivity contribution in [2.24, 2.45) is 5.92 Å². The summed E-state index contributed by atoms with van der Waals surface area (Å²) < 4.78 is 0. The van der Waals surface area contributed by atoms with E-state index in [1.165, 1.54) is 12.8 Å². The Morgan fingerprint density at radius 3 is 2.73 bits per heavy atom. The highest BCUT2D eigenvalue weighted by molar-refractivity contribution is 5.81. The maximum Gasteiger partial charge on any atom is 0.225 e. The van der Waals surface area contributed by atoms with Crippen LogP contribution in [0, 0.1) is 5.92 Å². The zero-order valence-electron chi connectivity index (χ0n) is 9.67. The van der Waals surface area contributed by atoms with E-state index >= 15 is 0 Å². The van der Waals surface area contributed by atoms with E-state index in [9.17, 15) is 4.79 Å². The molecule has 1 amide bonds. The van der Waals surface area contributed by atoms with Crippen molar-refractivity contribution in [2.75, 3.05) is 19.6 Å². The fourth-order valence-electron chi connectivity index (χ4n) is 2.38. The summed E-state index contributed by atoms with van der Waals surface area (Å²) >= 11 is 0. The fourth-order valence-corrected chi connectivity index (χ4v) is 2.38. The van der Waals surface area contributed by atoms with Crippen molar-refractivity contribution in [1.29, 1.82) is 0 Å². The summed E-state index contributed by atoms with van der Waals surface area (Å²) in [7, 11) is 0. The molecule has 2 fully saturated rings. The number of rotatable bonds is 4. The smallest absolute Gasteiger partial charge is 0.225 e. The maximum absolute atomic E-state index is 12.1. The summed E-state index contributed by atoms with van der Waals surface area (Å²) in [6.45, 7) is 5.22. The zero-order valence-corrected chi connectivity index (χ0v) is 9.67. The van der Waals surface area contributed by atoms with Crippen LogP contribution in [0.1, 0.15) is 39.0 Å². The topological polar surface area (TPSA) is 32.3 Å². The van der Waals surface area contributed by atoms with Crippen molar-refractivity contribution in [3.05, 3.63) is 0 Å². The molecule has 2 rings (SSSR count). The molecule has 1 unspecified atom stereocenters. The first-order valence-corrected chi connectivity index (χ1v) is 6.34. The summed E-state index contributed by atoms with van der Waals surface area (Å²) in [5.74, 6) is 0.795.